The predicted molar refractivity (Wildman–Crippen MR) is 118 cm³/mol. The highest BCUT2D eigenvalue weighted by Gasteiger charge is 2.33. The lowest BCUT2D eigenvalue weighted by Crippen LogP contribution is -2.49. The molecule has 6 nitrogen and oxygen atoms in total. The Bertz CT molecular complexity index is 1070. The van der Waals surface area contributed by atoms with Gasteiger partial charge in [-0.05, 0) is 42.3 Å². The number of ether oxygens (including phenoxy) is 2. The summed E-state index contributed by atoms with van der Waals surface area (Å²) in [6, 6.07) is 24.2. The quantitative estimate of drug-likeness (QED) is 0.665. The fourth-order valence-electron chi connectivity index (χ4n) is 3.67. The summed E-state index contributed by atoms with van der Waals surface area (Å²) in [5, 5.41) is 3.09. The van der Waals surface area contributed by atoms with Gasteiger partial charge in [0.1, 0.15) is 18.0 Å². The largest absolute Gasteiger partial charge is 0.497 e. The molecule has 0 spiro atoms. The van der Waals surface area contributed by atoms with E-state index in [0.717, 1.165) is 16.9 Å². The molecule has 1 heterocycles. The maximum Gasteiger partial charge on any atom is 0.268 e. The summed E-state index contributed by atoms with van der Waals surface area (Å²) in [5.41, 5.74) is 2.46. The van der Waals surface area contributed by atoms with Gasteiger partial charge in [-0.25, -0.2) is 0 Å². The number of hydrogen-bond donors (Lipinski definition) is 1. The van der Waals surface area contributed by atoms with Crippen molar-refractivity contribution in [3.05, 3.63) is 90.0 Å². The molecule has 1 N–H and O–H groups in total. The second-order valence-corrected chi connectivity index (χ2v) is 7.34. The molecule has 2 amide bonds. The monoisotopic (exact) mass is 416 g/mol. The Morgan fingerprint density at radius 2 is 1.65 bits per heavy atom. The number of nitrogens with zero attached hydrogens (tertiary/aromatic N) is 1. The van der Waals surface area contributed by atoms with Crippen molar-refractivity contribution in [2.75, 3.05) is 18.6 Å². The summed E-state index contributed by atoms with van der Waals surface area (Å²) in [6.45, 7) is 1.59. The van der Waals surface area contributed by atoms with Crippen LogP contribution >= 0.6 is 0 Å². The Morgan fingerprint density at radius 3 is 2.35 bits per heavy atom. The van der Waals surface area contributed by atoms with Crippen LogP contribution in [0.5, 0.6) is 11.5 Å². The minimum Gasteiger partial charge on any atom is -0.497 e. The van der Waals surface area contributed by atoms with Gasteiger partial charge in [0.15, 0.2) is 6.10 Å². The first-order valence-corrected chi connectivity index (χ1v) is 10.1. The van der Waals surface area contributed by atoms with E-state index < -0.39 is 6.10 Å². The highest BCUT2D eigenvalue weighted by Crippen LogP contribution is 2.33. The number of hydrogen-bond acceptors (Lipinski definition) is 4. The molecule has 0 bridgehead atoms. The van der Waals surface area contributed by atoms with Gasteiger partial charge in [0.2, 0.25) is 5.91 Å². The maximum absolute atomic E-state index is 13.1. The molecule has 0 aromatic heterocycles. The van der Waals surface area contributed by atoms with Crippen LogP contribution in [0.1, 0.15) is 24.1 Å². The summed E-state index contributed by atoms with van der Waals surface area (Å²) in [7, 11) is 1.61. The van der Waals surface area contributed by atoms with Gasteiger partial charge in [-0.2, -0.15) is 0 Å². The molecule has 3 aromatic carbocycles. The molecule has 2 unspecified atom stereocenters. The van der Waals surface area contributed by atoms with Gasteiger partial charge in [0, 0.05) is 0 Å². The number of methoxy groups -OCH3 is 1. The van der Waals surface area contributed by atoms with E-state index in [2.05, 4.69) is 5.32 Å². The zero-order chi connectivity index (χ0) is 21.8. The summed E-state index contributed by atoms with van der Waals surface area (Å²) >= 11 is 0. The van der Waals surface area contributed by atoms with Crippen LogP contribution in [0.2, 0.25) is 0 Å². The third-order valence-corrected chi connectivity index (χ3v) is 5.26. The number of amides is 2. The molecule has 0 radical (unpaired) electrons. The lowest BCUT2D eigenvalue weighted by atomic mass is 9.98. The lowest BCUT2D eigenvalue weighted by Gasteiger charge is -2.33. The molecule has 3 aromatic rings. The summed E-state index contributed by atoms with van der Waals surface area (Å²) in [4.78, 5) is 27.3. The van der Waals surface area contributed by atoms with Crippen molar-refractivity contribution in [2.24, 2.45) is 0 Å². The highest BCUT2D eigenvalue weighted by molar-refractivity contribution is 6.03. The Balaban J connectivity index is 1.59. The maximum atomic E-state index is 13.1. The van der Waals surface area contributed by atoms with Gasteiger partial charge in [-0.15, -0.1) is 0 Å². The van der Waals surface area contributed by atoms with Gasteiger partial charge < -0.3 is 14.8 Å². The Labute approximate surface area is 181 Å². The third kappa shape index (κ3) is 4.38. The molecule has 1 aliphatic heterocycles. The van der Waals surface area contributed by atoms with Crippen LogP contribution in [0.4, 0.5) is 5.69 Å². The standard InChI is InChI=1S/C25H24N2O4/c1-17-25(29)27(21-10-6-7-11-22(21)31-17)16-23(28)26-24(18-8-4-3-5-9-18)19-12-14-20(30-2)15-13-19/h3-15,17,24H,16H2,1-2H3,(H,26,28). The molecule has 2 atom stereocenters. The van der Waals surface area contributed by atoms with Gasteiger partial charge in [0.05, 0.1) is 18.8 Å². The molecule has 0 fully saturated rings. The second kappa shape index (κ2) is 8.92. The Kier molecular flexibility index (Phi) is 5.89. The molecule has 6 heteroatoms. The van der Waals surface area contributed by atoms with Crippen molar-refractivity contribution in [3.8, 4) is 11.5 Å². The minimum absolute atomic E-state index is 0.0942. The number of carbonyl (C=O) groups excluding carboxylic acids is 2. The SMILES string of the molecule is COc1ccc(C(NC(=O)CN2C(=O)C(C)Oc3ccccc32)c2ccccc2)cc1. The first-order chi connectivity index (χ1) is 15.1. The van der Waals surface area contributed by atoms with E-state index >= 15 is 0 Å². The first-order valence-electron chi connectivity index (χ1n) is 10.1. The number of benzene rings is 3. The minimum atomic E-state index is -0.644. The normalized spacial score (nSPS) is 16.1. The summed E-state index contributed by atoms with van der Waals surface area (Å²) in [6.07, 6.45) is -0.644. The number of anilines is 1. The first kappa shape index (κ1) is 20.5. The molecule has 4 rings (SSSR count). The molecular formula is C25H24N2O4. The van der Waals surface area contributed by atoms with E-state index in [-0.39, 0.29) is 24.4 Å². The number of rotatable bonds is 6. The predicted octanol–water partition coefficient (Wildman–Crippen LogP) is 3.71. The van der Waals surface area contributed by atoms with E-state index in [0.29, 0.717) is 11.4 Å². The average molecular weight is 416 g/mol. The number of carbonyl (C=O) groups is 2. The van der Waals surface area contributed by atoms with Gasteiger partial charge >= 0.3 is 0 Å². The zero-order valence-electron chi connectivity index (χ0n) is 17.4. The summed E-state index contributed by atoms with van der Waals surface area (Å²) < 4.78 is 10.9. The van der Waals surface area contributed by atoms with Gasteiger partial charge in [0.25, 0.3) is 5.91 Å². The molecule has 0 aliphatic carbocycles. The van der Waals surface area contributed by atoms with Crippen LogP contribution in [-0.4, -0.2) is 31.6 Å². The summed E-state index contributed by atoms with van der Waals surface area (Å²) in [5.74, 6) is 0.833. The highest BCUT2D eigenvalue weighted by atomic mass is 16.5. The van der Waals surface area contributed by atoms with Crippen LogP contribution in [0.25, 0.3) is 0 Å². The topological polar surface area (TPSA) is 67.9 Å². The Hall–Kier alpha value is -3.80. The fourth-order valence-corrected chi connectivity index (χ4v) is 3.67. The van der Waals surface area contributed by atoms with E-state index in [4.69, 9.17) is 9.47 Å². The molecule has 31 heavy (non-hydrogen) atoms. The van der Waals surface area contributed by atoms with Crippen LogP contribution in [-0.2, 0) is 9.59 Å². The molecular weight excluding hydrogens is 392 g/mol. The van der Waals surface area contributed by atoms with Gasteiger partial charge in [-0.1, -0.05) is 54.6 Å². The molecule has 1 aliphatic rings. The third-order valence-electron chi connectivity index (χ3n) is 5.26. The van der Waals surface area contributed by atoms with Crippen LogP contribution in [0.3, 0.4) is 0 Å². The van der Waals surface area contributed by atoms with Crippen molar-refractivity contribution < 1.29 is 19.1 Å². The van der Waals surface area contributed by atoms with E-state index in [1.807, 2.05) is 66.7 Å². The fraction of sp³-hybridized carbons (Fsp3) is 0.200. The number of fused-ring (bicyclic) bond motifs is 1. The zero-order valence-corrected chi connectivity index (χ0v) is 17.4. The van der Waals surface area contributed by atoms with Crippen molar-refractivity contribution in [1.82, 2.24) is 5.32 Å². The van der Waals surface area contributed by atoms with Crippen LogP contribution in [0.15, 0.2) is 78.9 Å². The molecule has 0 saturated carbocycles. The molecule has 0 saturated heterocycles. The smallest absolute Gasteiger partial charge is 0.268 e. The van der Waals surface area contributed by atoms with Crippen molar-refractivity contribution in [2.45, 2.75) is 19.1 Å². The van der Waals surface area contributed by atoms with Crippen molar-refractivity contribution >= 4 is 17.5 Å². The average Bonchev–Trinajstić information content (AvgIpc) is 2.81. The number of para-hydroxylation sites is 2. The van der Waals surface area contributed by atoms with Crippen molar-refractivity contribution in [3.63, 3.8) is 0 Å². The van der Waals surface area contributed by atoms with E-state index in [9.17, 15) is 9.59 Å². The molecule has 158 valence electrons. The van der Waals surface area contributed by atoms with Crippen LogP contribution in [0, 0.1) is 0 Å². The van der Waals surface area contributed by atoms with Crippen molar-refractivity contribution in [1.29, 1.82) is 0 Å². The van der Waals surface area contributed by atoms with Gasteiger partial charge in [-0.3, -0.25) is 14.5 Å². The van der Waals surface area contributed by atoms with E-state index in [1.54, 1.807) is 26.2 Å². The lowest BCUT2D eigenvalue weighted by molar-refractivity contribution is -0.128. The van der Waals surface area contributed by atoms with Crippen LogP contribution < -0.4 is 19.7 Å². The van der Waals surface area contributed by atoms with E-state index in [1.165, 1.54) is 4.90 Å². The second-order valence-electron chi connectivity index (χ2n) is 7.34. The Morgan fingerprint density at radius 1 is 1.00 bits per heavy atom. The number of nitrogens with one attached hydrogen (secondary N) is 1.